The molecule has 124 valence electrons. The van der Waals surface area contributed by atoms with E-state index in [1.807, 2.05) is 0 Å². The van der Waals surface area contributed by atoms with Gasteiger partial charge in [0.1, 0.15) is 11.5 Å². The molecule has 0 aliphatic rings. The Morgan fingerprint density at radius 3 is 2.70 bits per heavy atom. The van der Waals surface area contributed by atoms with Crippen LogP contribution in [-0.2, 0) is 11.8 Å². The van der Waals surface area contributed by atoms with Gasteiger partial charge in [0.05, 0.1) is 25.2 Å². The van der Waals surface area contributed by atoms with Crippen molar-refractivity contribution < 1.29 is 23.5 Å². The van der Waals surface area contributed by atoms with Gasteiger partial charge in [-0.2, -0.15) is 0 Å². The average Bonchev–Trinajstić information content (AvgIpc) is 2.86. The first-order valence-corrected chi connectivity index (χ1v) is 7.61. The molecule has 1 aromatic heterocycles. The number of rotatable bonds is 6. The quantitative estimate of drug-likeness (QED) is 0.600. The lowest BCUT2D eigenvalue weighted by Crippen LogP contribution is -2.35. The van der Waals surface area contributed by atoms with Gasteiger partial charge >= 0.3 is 10.7 Å². The summed E-state index contributed by atoms with van der Waals surface area (Å²) < 4.78 is 16.4. The Morgan fingerprint density at radius 2 is 2.13 bits per heavy atom. The van der Waals surface area contributed by atoms with E-state index < -0.39 is 10.9 Å². The number of nitrogens with one attached hydrogen (secondary N) is 2. The molecular weight excluding hydrogens is 322 g/mol. The van der Waals surface area contributed by atoms with Crippen LogP contribution < -0.4 is 25.1 Å². The molecule has 9 heteroatoms. The van der Waals surface area contributed by atoms with Crippen LogP contribution in [0.1, 0.15) is 6.92 Å². The van der Waals surface area contributed by atoms with Gasteiger partial charge in [-0.1, -0.05) is 4.68 Å². The molecule has 0 radical (unpaired) electrons. The smallest absolute Gasteiger partial charge is 0.441 e. The first-order valence-electron chi connectivity index (χ1n) is 6.73. The Kier molecular flexibility index (Phi) is 5.32. The molecule has 0 aliphatic carbocycles. The summed E-state index contributed by atoms with van der Waals surface area (Å²) in [6, 6.07) is 5.09. The van der Waals surface area contributed by atoms with E-state index in [0.29, 0.717) is 22.2 Å². The van der Waals surface area contributed by atoms with E-state index in [9.17, 15) is 9.59 Å². The van der Waals surface area contributed by atoms with E-state index in [4.69, 9.17) is 9.47 Å². The summed E-state index contributed by atoms with van der Waals surface area (Å²) in [6.45, 7) is 1.70. The van der Waals surface area contributed by atoms with Crippen LogP contribution in [0.4, 0.5) is 5.69 Å². The van der Waals surface area contributed by atoms with E-state index >= 15 is 0 Å². The second kappa shape index (κ2) is 7.23. The number of benzene rings is 1. The van der Waals surface area contributed by atoms with Crippen LogP contribution in [0.3, 0.4) is 0 Å². The monoisotopic (exact) mass is 340 g/mol. The molecule has 8 nitrogen and oxygen atoms in total. The van der Waals surface area contributed by atoms with Crippen LogP contribution in [0.15, 0.2) is 32.5 Å². The largest absolute Gasteiger partial charge is 0.497 e. The zero-order valence-electron chi connectivity index (χ0n) is 13.2. The van der Waals surface area contributed by atoms with Crippen molar-refractivity contribution in [1.29, 1.82) is 0 Å². The van der Waals surface area contributed by atoms with Gasteiger partial charge in [0.15, 0.2) is 7.05 Å². The number of methoxy groups -OCH3 is 2. The average molecular weight is 340 g/mol. The van der Waals surface area contributed by atoms with E-state index in [1.54, 1.807) is 39.3 Å². The number of carbonyl (C=O) groups excluding carboxylic acids is 1. The summed E-state index contributed by atoms with van der Waals surface area (Å²) in [5, 5.41) is 4.98. The van der Waals surface area contributed by atoms with Gasteiger partial charge in [-0.3, -0.25) is 9.32 Å². The van der Waals surface area contributed by atoms with Crippen LogP contribution in [0.25, 0.3) is 0 Å². The number of nitrogens with zero attached hydrogens (tertiary/aromatic N) is 1. The zero-order valence-corrected chi connectivity index (χ0v) is 14.0. The maximum Gasteiger partial charge on any atom is 0.441 e. The molecule has 2 N–H and O–H groups in total. The molecule has 1 heterocycles. The van der Waals surface area contributed by atoms with Gasteiger partial charge in [0.2, 0.25) is 5.91 Å². The standard InChI is InChI=1S/C14H17N3O5S/c1-8(23-13-14(19)22-16-17(13)2)12(18)15-10-6-5-9(20-3)7-11(10)21-4/h5-8H,1-4H3,(H-,15,16,18,19)/p+1. The van der Waals surface area contributed by atoms with Crippen molar-refractivity contribution in [3.8, 4) is 11.5 Å². The third kappa shape index (κ3) is 3.86. The van der Waals surface area contributed by atoms with Crippen molar-refractivity contribution in [3.63, 3.8) is 0 Å². The molecule has 2 aromatic rings. The van der Waals surface area contributed by atoms with E-state index in [1.165, 1.54) is 11.8 Å². The number of aromatic amines is 1. The number of thioether (sulfide) groups is 1. The molecule has 1 aromatic carbocycles. The van der Waals surface area contributed by atoms with Crippen molar-refractivity contribution in [1.82, 2.24) is 5.27 Å². The number of aromatic nitrogens is 2. The fourth-order valence-corrected chi connectivity index (χ4v) is 2.65. The maximum atomic E-state index is 12.3. The van der Waals surface area contributed by atoms with Crippen LogP contribution in [-0.4, -0.2) is 30.6 Å². The lowest BCUT2D eigenvalue weighted by molar-refractivity contribution is -0.772. The number of amides is 1. The third-order valence-corrected chi connectivity index (χ3v) is 4.31. The Balaban J connectivity index is 2.11. The molecule has 0 saturated heterocycles. The lowest BCUT2D eigenvalue weighted by atomic mass is 10.2. The molecular formula is C14H18N3O5S+. The third-order valence-electron chi connectivity index (χ3n) is 3.08. The van der Waals surface area contributed by atoms with Gasteiger partial charge in [-0.25, -0.2) is 4.79 Å². The first kappa shape index (κ1) is 16.9. The zero-order chi connectivity index (χ0) is 17.0. The number of aryl methyl sites for hydroxylation is 1. The van der Waals surface area contributed by atoms with Crippen molar-refractivity contribution >= 4 is 23.4 Å². The van der Waals surface area contributed by atoms with Crippen LogP contribution >= 0.6 is 11.8 Å². The minimum atomic E-state index is -0.515. The summed E-state index contributed by atoms with van der Waals surface area (Å²) in [5.74, 6) is 0.847. The predicted octanol–water partition coefficient (Wildman–Crippen LogP) is 0.929. The first-order chi connectivity index (χ1) is 11.0. The summed E-state index contributed by atoms with van der Waals surface area (Å²) in [5.41, 5.74) is 0.00964. The van der Waals surface area contributed by atoms with Crippen molar-refractivity contribution in [2.45, 2.75) is 17.2 Å². The van der Waals surface area contributed by atoms with Crippen molar-refractivity contribution in [2.75, 3.05) is 19.5 Å². The van der Waals surface area contributed by atoms with Gasteiger partial charge in [-0.05, 0) is 36.1 Å². The van der Waals surface area contributed by atoms with Gasteiger partial charge < -0.3 is 14.8 Å². The Bertz CT molecular complexity index is 755. The van der Waals surface area contributed by atoms with E-state index in [-0.39, 0.29) is 5.91 Å². The van der Waals surface area contributed by atoms with Crippen molar-refractivity contribution in [2.24, 2.45) is 7.05 Å². The highest BCUT2D eigenvalue weighted by Gasteiger charge is 2.25. The molecule has 0 spiro atoms. The highest BCUT2D eigenvalue weighted by atomic mass is 32.2. The molecule has 1 unspecified atom stereocenters. The number of hydrogen-bond acceptors (Lipinski definition) is 6. The molecule has 2 rings (SSSR count). The summed E-state index contributed by atoms with van der Waals surface area (Å²) >= 11 is 1.10. The molecule has 0 saturated carbocycles. The van der Waals surface area contributed by atoms with Crippen LogP contribution in [0.5, 0.6) is 11.5 Å². The van der Waals surface area contributed by atoms with E-state index in [2.05, 4.69) is 15.1 Å². The van der Waals surface area contributed by atoms with E-state index in [0.717, 1.165) is 11.8 Å². The molecule has 1 atom stereocenters. The Morgan fingerprint density at radius 1 is 1.39 bits per heavy atom. The number of carbonyl (C=O) groups is 1. The predicted molar refractivity (Wildman–Crippen MR) is 84.0 cm³/mol. The normalized spacial score (nSPS) is 11.8. The molecule has 1 amide bonds. The summed E-state index contributed by atoms with van der Waals surface area (Å²) in [4.78, 5) is 23.8. The van der Waals surface area contributed by atoms with Gasteiger partial charge in [-0.15, -0.1) is 0 Å². The van der Waals surface area contributed by atoms with Gasteiger partial charge in [0, 0.05) is 6.07 Å². The molecule has 0 aliphatic heterocycles. The number of anilines is 1. The second-order valence-electron chi connectivity index (χ2n) is 4.66. The molecule has 23 heavy (non-hydrogen) atoms. The summed E-state index contributed by atoms with van der Waals surface area (Å²) in [6.07, 6.45) is 0. The van der Waals surface area contributed by atoms with Crippen molar-refractivity contribution in [3.05, 3.63) is 28.6 Å². The topological polar surface area (TPSA) is 97.4 Å². The Hall–Kier alpha value is -2.42. The number of ether oxygens (including phenoxy) is 2. The highest BCUT2D eigenvalue weighted by Crippen LogP contribution is 2.29. The number of H-pyrrole nitrogens is 1. The summed E-state index contributed by atoms with van der Waals surface area (Å²) in [7, 11) is 4.69. The second-order valence-corrected chi connectivity index (χ2v) is 5.99. The lowest BCUT2D eigenvalue weighted by Gasteiger charge is -2.13. The van der Waals surface area contributed by atoms with Crippen LogP contribution in [0, 0.1) is 0 Å². The fourth-order valence-electron chi connectivity index (χ4n) is 1.82. The minimum absolute atomic E-state index is 0.265. The Labute approximate surface area is 136 Å². The highest BCUT2D eigenvalue weighted by molar-refractivity contribution is 8.00. The SMILES string of the molecule is COc1ccc(NC(=O)C(C)Sc2c(=O)o[nH][n+]2C)c(OC)c1. The maximum absolute atomic E-state index is 12.3. The van der Waals surface area contributed by atoms with Gasteiger partial charge in [0.25, 0.3) is 0 Å². The fraction of sp³-hybridized carbons (Fsp3) is 0.357. The molecule has 0 fully saturated rings. The minimum Gasteiger partial charge on any atom is -0.497 e. The molecule has 0 bridgehead atoms. The van der Waals surface area contributed by atoms with Crippen LogP contribution in [0.2, 0.25) is 0 Å². The number of hydrogen-bond donors (Lipinski definition) is 2.